The zero-order valence-corrected chi connectivity index (χ0v) is 17.2. The van der Waals surface area contributed by atoms with Crippen LogP contribution >= 0.6 is 22.7 Å². The number of nitrogens with one attached hydrogen (secondary N) is 1. The molecule has 142 valence electrons. The highest BCUT2D eigenvalue weighted by atomic mass is 32.2. The summed E-state index contributed by atoms with van der Waals surface area (Å²) in [6, 6.07) is 9.14. The molecule has 5 nitrogen and oxygen atoms in total. The number of aromatic nitrogens is 1. The van der Waals surface area contributed by atoms with E-state index in [4.69, 9.17) is 0 Å². The molecule has 0 unspecified atom stereocenters. The normalized spacial score (nSPS) is 15.7. The Kier molecular flexibility index (Phi) is 5.58. The maximum atomic E-state index is 12.8. The van der Waals surface area contributed by atoms with Gasteiger partial charge in [-0.2, -0.15) is 15.6 Å². The average molecular weight is 420 g/mol. The predicted octanol–water partition coefficient (Wildman–Crippen LogP) is 4.66. The molecule has 27 heavy (non-hydrogen) atoms. The van der Waals surface area contributed by atoms with Crippen molar-refractivity contribution in [1.82, 2.24) is 9.29 Å². The van der Waals surface area contributed by atoms with Crippen molar-refractivity contribution in [2.45, 2.75) is 30.7 Å². The Morgan fingerprint density at radius 3 is 2.74 bits per heavy atom. The summed E-state index contributed by atoms with van der Waals surface area (Å²) in [6.45, 7) is 1.79. The Balaban J connectivity index is 1.45. The SMILES string of the molecule is O=S(=O)(c1cccc(NCc2csc(-c3ccsc3)n2)c1)N1CCCCC1. The molecule has 1 aliphatic rings. The Morgan fingerprint density at radius 2 is 1.96 bits per heavy atom. The number of hydrogen-bond donors (Lipinski definition) is 1. The van der Waals surface area contributed by atoms with Gasteiger partial charge in [0, 0.05) is 35.1 Å². The van der Waals surface area contributed by atoms with Crippen LogP contribution in [0.1, 0.15) is 25.0 Å². The summed E-state index contributed by atoms with van der Waals surface area (Å²) >= 11 is 3.28. The van der Waals surface area contributed by atoms with Gasteiger partial charge in [-0.15, -0.1) is 11.3 Å². The molecule has 1 aromatic carbocycles. The number of nitrogens with zero attached hydrogens (tertiary/aromatic N) is 2. The molecule has 0 radical (unpaired) electrons. The highest BCUT2D eigenvalue weighted by Crippen LogP contribution is 2.27. The van der Waals surface area contributed by atoms with Crippen LogP contribution in [0.5, 0.6) is 0 Å². The molecule has 3 heterocycles. The van der Waals surface area contributed by atoms with E-state index in [9.17, 15) is 8.42 Å². The molecule has 1 fully saturated rings. The van der Waals surface area contributed by atoms with Crippen LogP contribution in [0.25, 0.3) is 10.6 Å². The van der Waals surface area contributed by atoms with Crippen molar-refractivity contribution in [3.8, 4) is 10.6 Å². The fourth-order valence-corrected chi connectivity index (χ4v) is 6.22. The minimum atomic E-state index is -3.41. The van der Waals surface area contributed by atoms with E-state index in [2.05, 4.69) is 21.7 Å². The third kappa shape index (κ3) is 4.24. The van der Waals surface area contributed by atoms with Crippen molar-refractivity contribution in [3.05, 3.63) is 52.2 Å². The second-order valence-corrected chi connectivity index (χ2v) is 10.1. The van der Waals surface area contributed by atoms with Crippen LogP contribution < -0.4 is 5.32 Å². The molecule has 0 atom stereocenters. The monoisotopic (exact) mass is 419 g/mol. The van der Waals surface area contributed by atoms with Gasteiger partial charge in [0.2, 0.25) is 10.0 Å². The van der Waals surface area contributed by atoms with Gasteiger partial charge in [0.15, 0.2) is 0 Å². The second-order valence-electron chi connectivity index (χ2n) is 6.50. The standard InChI is InChI=1S/C19H21N3O2S3/c23-27(24,22-8-2-1-3-9-22)18-6-4-5-16(11-18)20-12-17-14-26-19(21-17)15-7-10-25-13-15/h4-7,10-11,13-14,20H,1-3,8-9,12H2. The van der Waals surface area contributed by atoms with Crippen LogP contribution in [-0.4, -0.2) is 30.8 Å². The first-order chi connectivity index (χ1) is 13.1. The van der Waals surface area contributed by atoms with E-state index in [1.54, 1.807) is 45.2 Å². The topological polar surface area (TPSA) is 62.3 Å². The summed E-state index contributed by atoms with van der Waals surface area (Å²) < 4.78 is 27.3. The molecule has 8 heteroatoms. The molecule has 1 N–H and O–H groups in total. The molecule has 4 rings (SSSR count). The van der Waals surface area contributed by atoms with E-state index in [0.717, 1.165) is 41.2 Å². The lowest BCUT2D eigenvalue weighted by Gasteiger charge is -2.26. The number of rotatable bonds is 6. The van der Waals surface area contributed by atoms with Gasteiger partial charge in [0.05, 0.1) is 17.1 Å². The van der Waals surface area contributed by atoms with E-state index >= 15 is 0 Å². The Labute approximate surface area is 167 Å². The molecule has 0 aliphatic carbocycles. The lowest BCUT2D eigenvalue weighted by atomic mass is 10.2. The lowest BCUT2D eigenvalue weighted by molar-refractivity contribution is 0.346. The number of benzene rings is 1. The highest BCUT2D eigenvalue weighted by molar-refractivity contribution is 7.89. The van der Waals surface area contributed by atoms with Crippen LogP contribution in [0.4, 0.5) is 5.69 Å². The van der Waals surface area contributed by atoms with Crippen molar-refractivity contribution < 1.29 is 8.42 Å². The number of piperidine rings is 1. The molecule has 0 spiro atoms. The Morgan fingerprint density at radius 1 is 1.11 bits per heavy atom. The van der Waals surface area contributed by atoms with Crippen molar-refractivity contribution in [2.75, 3.05) is 18.4 Å². The van der Waals surface area contributed by atoms with Crippen LogP contribution in [-0.2, 0) is 16.6 Å². The number of thiazole rings is 1. The average Bonchev–Trinajstić information content (AvgIpc) is 3.39. The summed E-state index contributed by atoms with van der Waals surface area (Å²) in [6.07, 6.45) is 2.98. The first-order valence-electron chi connectivity index (χ1n) is 8.94. The van der Waals surface area contributed by atoms with Gasteiger partial charge in [0.25, 0.3) is 0 Å². The van der Waals surface area contributed by atoms with E-state index < -0.39 is 10.0 Å². The number of anilines is 1. The zero-order valence-electron chi connectivity index (χ0n) is 14.8. The number of sulfonamides is 1. The maximum Gasteiger partial charge on any atom is 0.243 e. The maximum absolute atomic E-state index is 12.8. The highest BCUT2D eigenvalue weighted by Gasteiger charge is 2.25. The van der Waals surface area contributed by atoms with E-state index in [1.807, 2.05) is 16.8 Å². The Bertz CT molecular complexity index is 991. The third-order valence-electron chi connectivity index (χ3n) is 4.58. The molecule has 0 bridgehead atoms. The van der Waals surface area contributed by atoms with Crippen LogP contribution in [0.3, 0.4) is 0 Å². The quantitative estimate of drug-likeness (QED) is 0.631. The summed E-state index contributed by atoms with van der Waals surface area (Å²) in [5.74, 6) is 0. The second kappa shape index (κ2) is 8.10. The third-order valence-corrected chi connectivity index (χ3v) is 8.10. The minimum absolute atomic E-state index is 0.353. The summed E-state index contributed by atoms with van der Waals surface area (Å²) in [4.78, 5) is 5.00. The van der Waals surface area contributed by atoms with Gasteiger partial charge < -0.3 is 5.32 Å². The van der Waals surface area contributed by atoms with Gasteiger partial charge in [-0.3, -0.25) is 0 Å². The fourth-order valence-electron chi connectivity index (χ4n) is 3.12. The molecule has 1 aliphatic heterocycles. The van der Waals surface area contributed by atoms with Crippen molar-refractivity contribution in [3.63, 3.8) is 0 Å². The van der Waals surface area contributed by atoms with Crippen molar-refractivity contribution in [2.24, 2.45) is 0 Å². The molecule has 0 saturated carbocycles. The summed E-state index contributed by atoms with van der Waals surface area (Å²) in [5.41, 5.74) is 2.88. The van der Waals surface area contributed by atoms with E-state index in [-0.39, 0.29) is 0 Å². The van der Waals surface area contributed by atoms with Crippen molar-refractivity contribution in [1.29, 1.82) is 0 Å². The fraction of sp³-hybridized carbons (Fsp3) is 0.316. The molecular formula is C19H21N3O2S3. The van der Waals surface area contributed by atoms with Gasteiger partial charge in [0.1, 0.15) is 5.01 Å². The van der Waals surface area contributed by atoms with E-state index in [0.29, 0.717) is 24.5 Å². The molecule has 1 saturated heterocycles. The first kappa shape index (κ1) is 18.6. The van der Waals surface area contributed by atoms with Gasteiger partial charge in [-0.1, -0.05) is 12.5 Å². The smallest absolute Gasteiger partial charge is 0.243 e. The molecule has 2 aromatic heterocycles. The van der Waals surface area contributed by atoms with Gasteiger partial charge in [-0.25, -0.2) is 13.4 Å². The number of thiophene rings is 1. The summed E-state index contributed by atoms with van der Waals surface area (Å²) in [7, 11) is -3.41. The molecule has 0 amide bonds. The predicted molar refractivity (Wildman–Crippen MR) is 112 cm³/mol. The zero-order chi connectivity index (χ0) is 18.7. The van der Waals surface area contributed by atoms with Crippen molar-refractivity contribution >= 4 is 38.4 Å². The van der Waals surface area contributed by atoms with Gasteiger partial charge >= 0.3 is 0 Å². The number of hydrogen-bond acceptors (Lipinski definition) is 6. The molecule has 3 aromatic rings. The van der Waals surface area contributed by atoms with Gasteiger partial charge in [-0.05, 0) is 42.5 Å². The lowest BCUT2D eigenvalue weighted by Crippen LogP contribution is -2.35. The van der Waals surface area contributed by atoms with E-state index in [1.165, 1.54) is 0 Å². The van der Waals surface area contributed by atoms with Crippen LogP contribution in [0, 0.1) is 0 Å². The largest absolute Gasteiger partial charge is 0.379 e. The van der Waals surface area contributed by atoms with Crippen LogP contribution in [0.2, 0.25) is 0 Å². The minimum Gasteiger partial charge on any atom is -0.379 e. The Hall–Kier alpha value is -1.74. The first-order valence-corrected chi connectivity index (χ1v) is 12.2. The molecular weight excluding hydrogens is 398 g/mol. The summed E-state index contributed by atoms with van der Waals surface area (Å²) in [5, 5.41) is 10.5. The van der Waals surface area contributed by atoms with Crippen LogP contribution in [0.15, 0.2) is 51.4 Å².